The second-order valence-corrected chi connectivity index (χ2v) is 5.79. The van der Waals surface area contributed by atoms with Gasteiger partial charge in [-0.1, -0.05) is 47.7 Å². The Morgan fingerprint density at radius 1 is 1.17 bits per heavy atom. The number of nitriles is 1. The van der Waals surface area contributed by atoms with Gasteiger partial charge in [0.25, 0.3) is 5.91 Å². The van der Waals surface area contributed by atoms with Crippen molar-refractivity contribution in [2.45, 2.75) is 6.18 Å². The number of anilines is 1. The van der Waals surface area contributed by atoms with Gasteiger partial charge in [0.2, 0.25) is 0 Å². The van der Waals surface area contributed by atoms with Crippen molar-refractivity contribution in [1.82, 2.24) is 4.98 Å². The SMILES string of the molecule is N#Cc1sc(NC(=O)c2cccc3ccccc23)nc1C(F)(F)F. The summed E-state index contributed by atoms with van der Waals surface area (Å²) in [7, 11) is 0. The Bertz CT molecular complexity index is 967. The molecule has 4 nitrogen and oxygen atoms in total. The number of alkyl halides is 3. The number of benzene rings is 2. The van der Waals surface area contributed by atoms with Gasteiger partial charge in [0.05, 0.1) is 0 Å². The Labute approximate surface area is 138 Å². The van der Waals surface area contributed by atoms with Crippen molar-refractivity contribution in [3.05, 3.63) is 58.6 Å². The van der Waals surface area contributed by atoms with Gasteiger partial charge in [-0.2, -0.15) is 18.4 Å². The van der Waals surface area contributed by atoms with E-state index < -0.39 is 22.7 Å². The summed E-state index contributed by atoms with van der Waals surface area (Å²) in [4.78, 5) is 15.1. The number of carbonyl (C=O) groups excluding carboxylic acids is 1. The first-order chi connectivity index (χ1) is 11.4. The third-order valence-electron chi connectivity index (χ3n) is 3.25. The normalized spacial score (nSPS) is 11.2. The average molecular weight is 347 g/mol. The number of fused-ring (bicyclic) bond motifs is 1. The van der Waals surface area contributed by atoms with Crippen molar-refractivity contribution in [3.63, 3.8) is 0 Å². The van der Waals surface area contributed by atoms with Crippen LogP contribution in [0.25, 0.3) is 10.8 Å². The monoisotopic (exact) mass is 347 g/mol. The van der Waals surface area contributed by atoms with Crippen LogP contribution in [0, 0.1) is 11.3 Å². The number of carbonyl (C=O) groups is 1. The minimum atomic E-state index is -4.75. The predicted octanol–water partition coefficient (Wildman–Crippen LogP) is 4.44. The highest BCUT2D eigenvalue weighted by Crippen LogP contribution is 2.35. The fraction of sp³-hybridized carbons (Fsp3) is 0.0625. The summed E-state index contributed by atoms with van der Waals surface area (Å²) in [6.45, 7) is 0. The summed E-state index contributed by atoms with van der Waals surface area (Å²) < 4.78 is 38.4. The van der Waals surface area contributed by atoms with Crippen molar-refractivity contribution in [3.8, 4) is 6.07 Å². The van der Waals surface area contributed by atoms with E-state index in [2.05, 4.69) is 10.3 Å². The number of rotatable bonds is 2. The molecule has 0 atom stereocenters. The zero-order valence-corrected chi connectivity index (χ0v) is 12.7. The van der Waals surface area contributed by atoms with Gasteiger partial charge in [-0.05, 0) is 16.8 Å². The molecule has 0 unspecified atom stereocenters. The number of nitrogens with zero attached hydrogens (tertiary/aromatic N) is 2. The number of hydrogen-bond acceptors (Lipinski definition) is 4. The topological polar surface area (TPSA) is 65.8 Å². The highest BCUT2D eigenvalue weighted by Gasteiger charge is 2.38. The van der Waals surface area contributed by atoms with E-state index in [9.17, 15) is 18.0 Å². The van der Waals surface area contributed by atoms with Gasteiger partial charge in [-0.15, -0.1) is 0 Å². The predicted molar refractivity (Wildman–Crippen MR) is 83.7 cm³/mol. The second kappa shape index (κ2) is 5.94. The highest BCUT2D eigenvalue weighted by molar-refractivity contribution is 7.16. The highest BCUT2D eigenvalue weighted by atomic mass is 32.1. The summed E-state index contributed by atoms with van der Waals surface area (Å²) >= 11 is 0.491. The smallest absolute Gasteiger partial charge is 0.298 e. The maximum Gasteiger partial charge on any atom is 0.435 e. The van der Waals surface area contributed by atoms with Gasteiger partial charge in [0, 0.05) is 5.56 Å². The summed E-state index contributed by atoms with van der Waals surface area (Å²) in [5.74, 6) is -0.584. The van der Waals surface area contributed by atoms with Crippen LogP contribution in [-0.4, -0.2) is 10.9 Å². The Balaban J connectivity index is 1.96. The molecule has 0 aliphatic carbocycles. The lowest BCUT2D eigenvalue weighted by atomic mass is 10.0. The fourth-order valence-corrected chi connectivity index (χ4v) is 3.01. The fourth-order valence-electron chi connectivity index (χ4n) is 2.23. The number of hydrogen-bond donors (Lipinski definition) is 1. The Morgan fingerprint density at radius 3 is 2.54 bits per heavy atom. The van der Waals surface area contributed by atoms with Crippen LogP contribution in [0.15, 0.2) is 42.5 Å². The Hall–Kier alpha value is -2.92. The van der Waals surface area contributed by atoms with E-state index in [0.29, 0.717) is 22.3 Å². The van der Waals surface area contributed by atoms with Crippen molar-refractivity contribution in [2.24, 2.45) is 0 Å². The molecule has 120 valence electrons. The summed E-state index contributed by atoms with van der Waals surface area (Å²) in [5, 5.41) is 12.4. The molecule has 8 heteroatoms. The molecule has 3 aromatic rings. The number of nitrogens with one attached hydrogen (secondary N) is 1. The lowest BCUT2D eigenvalue weighted by Gasteiger charge is -2.06. The molecule has 1 amide bonds. The summed E-state index contributed by atoms with van der Waals surface area (Å²) in [6.07, 6.45) is -4.75. The van der Waals surface area contributed by atoms with Crippen LogP contribution < -0.4 is 5.32 Å². The van der Waals surface area contributed by atoms with Gasteiger partial charge < -0.3 is 0 Å². The number of aromatic nitrogens is 1. The summed E-state index contributed by atoms with van der Waals surface area (Å²) in [5.41, 5.74) is -0.974. The third kappa shape index (κ3) is 2.94. The largest absolute Gasteiger partial charge is 0.435 e. The van der Waals surface area contributed by atoms with E-state index in [-0.39, 0.29) is 5.13 Å². The van der Waals surface area contributed by atoms with Gasteiger partial charge >= 0.3 is 6.18 Å². The lowest BCUT2D eigenvalue weighted by molar-refractivity contribution is -0.140. The van der Waals surface area contributed by atoms with E-state index in [1.54, 1.807) is 24.3 Å². The molecule has 0 saturated heterocycles. The minimum absolute atomic E-state index is 0.267. The molecule has 1 heterocycles. The molecule has 0 spiro atoms. The van der Waals surface area contributed by atoms with Crippen LogP contribution in [0.5, 0.6) is 0 Å². The first-order valence-corrected chi connectivity index (χ1v) is 7.49. The third-order valence-corrected chi connectivity index (χ3v) is 4.13. The molecular formula is C16H8F3N3OS. The average Bonchev–Trinajstić information content (AvgIpc) is 2.97. The van der Waals surface area contributed by atoms with Crippen LogP contribution in [0.4, 0.5) is 18.3 Å². The second-order valence-electron chi connectivity index (χ2n) is 4.79. The van der Waals surface area contributed by atoms with Gasteiger partial charge in [-0.25, -0.2) is 4.98 Å². The van der Waals surface area contributed by atoms with E-state index >= 15 is 0 Å². The zero-order chi connectivity index (χ0) is 17.3. The molecule has 24 heavy (non-hydrogen) atoms. The van der Waals surface area contributed by atoms with Crippen molar-refractivity contribution >= 4 is 33.1 Å². The van der Waals surface area contributed by atoms with E-state index in [1.165, 1.54) is 6.07 Å². The van der Waals surface area contributed by atoms with Gasteiger partial charge in [0.15, 0.2) is 10.8 Å². The van der Waals surface area contributed by atoms with Crippen LogP contribution >= 0.6 is 11.3 Å². The zero-order valence-electron chi connectivity index (χ0n) is 11.9. The lowest BCUT2D eigenvalue weighted by Crippen LogP contribution is -2.13. The van der Waals surface area contributed by atoms with E-state index in [1.807, 2.05) is 18.2 Å². The number of thiazole rings is 1. The molecule has 0 saturated carbocycles. The molecule has 0 bridgehead atoms. The van der Waals surface area contributed by atoms with Crippen molar-refractivity contribution in [1.29, 1.82) is 5.26 Å². The van der Waals surface area contributed by atoms with E-state index in [0.717, 1.165) is 5.39 Å². The molecule has 1 N–H and O–H groups in total. The molecule has 0 aliphatic heterocycles. The van der Waals surface area contributed by atoms with Gasteiger partial charge in [-0.3, -0.25) is 10.1 Å². The number of halogens is 3. The molecule has 3 rings (SSSR count). The first-order valence-electron chi connectivity index (χ1n) is 6.67. The molecule has 1 aromatic heterocycles. The molecule has 0 fully saturated rings. The van der Waals surface area contributed by atoms with Gasteiger partial charge in [0.1, 0.15) is 10.9 Å². The molecule has 0 aliphatic rings. The van der Waals surface area contributed by atoms with Crippen molar-refractivity contribution < 1.29 is 18.0 Å². The van der Waals surface area contributed by atoms with Crippen LogP contribution in [0.3, 0.4) is 0 Å². The van der Waals surface area contributed by atoms with E-state index in [4.69, 9.17) is 5.26 Å². The van der Waals surface area contributed by atoms with Crippen LogP contribution in [0.2, 0.25) is 0 Å². The maximum atomic E-state index is 12.8. The quantitative estimate of drug-likeness (QED) is 0.745. The van der Waals surface area contributed by atoms with Crippen molar-refractivity contribution in [2.75, 3.05) is 5.32 Å². The van der Waals surface area contributed by atoms with Crippen LogP contribution in [-0.2, 0) is 6.18 Å². The minimum Gasteiger partial charge on any atom is -0.298 e. The first kappa shape index (κ1) is 16.0. The Kier molecular flexibility index (Phi) is 3.95. The molecule has 2 aromatic carbocycles. The molecule has 0 radical (unpaired) electrons. The Morgan fingerprint density at radius 2 is 1.88 bits per heavy atom. The number of amides is 1. The standard InChI is InChI=1S/C16H8F3N3OS/c17-16(18,19)13-12(8-20)24-15(21-13)22-14(23)11-7-3-5-9-4-1-2-6-10(9)11/h1-7H,(H,21,22,23). The maximum absolute atomic E-state index is 12.8. The summed E-state index contributed by atoms with van der Waals surface area (Å²) in [6, 6.07) is 13.7. The van der Waals surface area contributed by atoms with Crippen LogP contribution in [0.1, 0.15) is 20.9 Å². The molecular weight excluding hydrogens is 339 g/mol.